The third-order valence-electron chi connectivity index (χ3n) is 1.25. The molecule has 1 saturated heterocycles. The van der Waals surface area contributed by atoms with Crippen molar-refractivity contribution in [2.75, 3.05) is 13.1 Å². The Morgan fingerprint density at radius 1 is 1.18 bits per heavy atom. The molecule has 1 aliphatic rings. The summed E-state index contributed by atoms with van der Waals surface area (Å²) >= 11 is 5.53. The first-order valence-electron chi connectivity index (χ1n) is 3.74. The maximum absolute atomic E-state index is 5.53. The zero-order valence-electron chi connectivity index (χ0n) is 6.39. The van der Waals surface area contributed by atoms with Crippen LogP contribution in [0.4, 0.5) is 0 Å². The van der Waals surface area contributed by atoms with E-state index in [9.17, 15) is 0 Å². The van der Waals surface area contributed by atoms with Gasteiger partial charge in [-0.25, -0.2) is 0 Å². The molecule has 1 aromatic rings. The maximum atomic E-state index is 5.53. The Morgan fingerprint density at radius 3 is 2.00 bits per heavy atom. The van der Waals surface area contributed by atoms with Crippen molar-refractivity contribution in [2.45, 2.75) is 5.88 Å². The van der Waals surface area contributed by atoms with Gasteiger partial charge >= 0.3 is 0 Å². The SMILES string of the molecule is C1CN1.ClCc1ccccc1. The van der Waals surface area contributed by atoms with Gasteiger partial charge in [0.05, 0.1) is 0 Å². The van der Waals surface area contributed by atoms with Crippen molar-refractivity contribution in [1.29, 1.82) is 0 Å². The van der Waals surface area contributed by atoms with Crippen LogP contribution in [0.2, 0.25) is 0 Å². The van der Waals surface area contributed by atoms with Crippen molar-refractivity contribution in [2.24, 2.45) is 0 Å². The second-order valence-electron chi connectivity index (χ2n) is 2.37. The fourth-order valence-corrected chi connectivity index (χ4v) is 0.745. The van der Waals surface area contributed by atoms with Crippen LogP contribution in [-0.4, -0.2) is 13.1 Å². The first-order chi connectivity index (χ1) is 5.43. The van der Waals surface area contributed by atoms with Crippen LogP contribution >= 0.6 is 11.6 Å². The number of benzene rings is 1. The number of nitrogens with one attached hydrogen (secondary N) is 1. The highest BCUT2D eigenvalue weighted by molar-refractivity contribution is 6.17. The molecule has 0 radical (unpaired) electrons. The zero-order chi connectivity index (χ0) is 7.94. The third kappa shape index (κ3) is 4.82. The van der Waals surface area contributed by atoms with Gasteiger partial charge in [-0.15, -0.1) is 11.6 Å². The molecular weight excluding hydrogens is 158 g/mol. The van der Waals surface area contributed by atoms with E-state index >= 15 is 0 Å². The van der Waals surface area contributed by atoms with Crippen molar-refractivity contribution >= 4 is 11.6 Å². The number of hydrogen-bond donors (Lipinski definition) is 1. The summed E-state index contributed by atoms with van der Waals surface area (Å²) in [5.41, 5.74) is 1.18. The van der Waals surface area contributed by atoms with Gasteiger partial charge in [-0.2, -0.15) is 0 Å². The normalized spacial score (nSPS) is 13.2. The van der Waals surface area contributed by atoms with E-state index in [1.54, 1.807) is 0 Å². The Balaban J connectivity index is 0.000000167. The number of halogens is 1. The average Bonchev–Trinajstić information content (AvgIpc) is 2.92. The van der Waals surface area contributed by atoms with Crippen molar-refractivity contribution in [3.05, 3.63) is 35.9 Å². The molecule has 2 rings (SSSR count). The minimum absolute atomic E-state index is 0.612. The first kappa shape index (κ1) is 8.57. The Morgan fingerprint density at radius 2 is 1.73 bits per heavy atom. The summed E-state index contributed by atoms with van der Waals surface area (Å²) in [7, 11) is 0. The Hall–Kier alpha value is -0.530. The van der Waals surface area contributed by atoms with Crippen LogP contribution in [0.15, 0.2) is 30.3 Å². The summed E-state index contributed by atoms with van der Waals surface area (Å²) in [5.74, 6) is 0.612. The Kier molecular flexibility index (Phi) is 4.02. The summed E-state index contributed by atoms with van der Waals surface area (Å²) in [6.45, 7) is 2.50. The molecule has 1 heterocycles. The van der Waals surface area contributed by atoms with Gasteiger partial charge in [-0.05, 0) is 5.56 Å². The highest BCUT2D eigenvalue weighted by Gasteiger charge is 1.91. The van der Waals surface area contributed by atoms with E-state index in [0.717, 1.165) is 0 Å². The van der Waals surface area contributed by atoms with Crippen LogP contribution in [0.5, 0.6) is 0 Å². The van der Waals surface area contributed by atoms with Crippen molar-refractivity contribution < 1.29 is 0 Å². The monoisotopic (exact) mass is 169 g/mol. The van der Waals surface area contributed by atoms with E-state index in [2.05, 4.69) is 5.32 Å². The minimum atomic E-state index is 0.612. The summed E-state index contributed by atoms with van der Waals surface area (Å²) in [5, 5.41) is 3.00. The predicted molar refractivity (Wildman–Crippen MR) is 48.9 cm³/mol. The van der Waals surface area contributed by atoms with Crippen LogP contribution in [0.25, 0.3) is 0 Å². The molecule has 1 N–H and O–H groups in total. The summed E-state index contributed by atoms with van der Waals surface area (Å²) < 4.78 is 0. The topological polar surface area (TPSA) is 21.9 Å². The largest absolute Gasteiger partial charge is 0.314 e. The van der Waals surface area contributed by atoms with Crippen LogP contribution in [-0.2, 0) is 5.88 Å². The lowest BCUT2D eigenvalue weighted by atomic mass is 10.2. The van der Waals surface area contributed by atoms with Gasteiger partial charge in [0.15, 0.2) is 0 Å². The van der Waals surface area contributed by atoms with Gasteiger partial charge in [0.2, 0.25) is 0 Å². The quantitative estimate of drug-likeness (QED) is 0.504. The molecular formula is C9H12ClN. The van der Waals surface area contributed by atoms with Crippen LogP contribution < -0.4 is 5.32 Å². The molecule has 0 bridgehead atoms. The lowest BCUT2D eigenvalue weighted by molar-refractivity contribution is 1.34. The average molecular weight is 170 g/mol. The van der Waals surface area contributed by atoms with Crippen LogP contribution in [0, 0.1) is 0 Å². The van der Waals surface area contributed by atoms with E-state index in [1.165, 1.54) is 18.7 Å². The molecule has 1 aromatic carbocycles. The standard InChI is InChI=1S/C7H7Cl.C2H5N/c8-6-7-4-2-1-3-5-7;1-2-3-1/h1-5H,6H2;3H,1-2H2. The van der Waals surface area contributed by atoms with Crippen LogP contribution in [0.3, 0.4) is 0 Å². The van der Waals surface area contributed by atoms with E-state index in [4.69, 9.17) is 11.6 Å². The maximum Gasteiger partial charge on any atom is 0.0474 e. The molecule has 1 fully saturated rings. The molecule has 0 unspecified atom stereocenters. The van der Waals surface area contributed by atoms with E-state index < -0.39 is 0 Å². The van der Waals surface area contributed by atoms with Gasteiger partial charge in [-0.1, -0.05) is 30.3 Å². The summed E-state index contributed by atoms with van der Waals surface area (Å²) in [6, 6.07) is 9.96. The zero-order valence-corrected chi connectivity index (χ0v) is 7.14. The molecule has 1 nitrogen and oxygen atoms in total. The first-order valence-corrected chi connectivity index (χ1v) is 4.27. The summed E-state index contributed by atoms with van der Waals surface area (Å²) in [6.07, 6.45) is 0. The van der Waals surface area contributed by atoms with Gasteiger partial charge in [-0.3, -0.25) is 0 Å². The molecule has 0 aromatic heterocycles. The fourth-order valence-electron chi connectivity index (χ4n) is 0.567. The molecule has 11 heavy (non-hydrogen) atoms. The third-order valence-corrected chi connectivity index (χ3v) is 1.56. The van der Waals surface area contributed by atoms with Gasteiger partial charge < -0.3 is 5.32 Å². The highest BCUT2D eigenvalue weighted by atomic mass is 35.5. The van der Waals surface area contributed by atoms with Crippen molar-refractivity contribution in [1.82, 2.24) is 5.32 Å². The molecule has 1 aliphatic heterocycles. The van der Waals surface area contributed by atoms with E-state index in [-0.39, 0.29) is 0 Å². The summed E-state index contributed by atoms with van der Waals surface area (Å²) in [4.78, 5) is 0. The Bertz CT molecular complexity index is 181. The van der Waals surface area contributed by atoms with E-state index in [0.29, 0.717) is 5.88 Å². The molecule has 0 spiro atoms. The molecule has 0 atom stereocenters. The van der Waals surface area contributed by atoms with E-state index in [1.807, 2.05) is 30.3 Å². The van der Waals surface area contributed by atoms with Crippen molar-refractivity contribution in [3.8, 4) is 0 Å². The molecule has 0 aliphatic carbocycles. The minimum Gasteiger partial charge on any atom is -0.314 e. The van der Waals surface area contributed by atoms with Gasteiger partial charge in [0, 0.05) is 19.0 Å². The Labute approximate surface area is 72.4 Å². The predicted octanol–water partition coefficient (Wildman–Crippen LogP) is 2.01. The van der Waals surface area contributed by atoms with Gasteiger partial charge in [0.25, 0.3) is 0 Å². The molecule has 0 saturated carbocycles. The number of alkyl halides is 1. The molecule has 60 valence electrons. The molecule has 0 amide bonds. The molecule has 2 heteroatoms. The van der Waals surface area contributed by atoms with Crippen LogP contribution in [0.1, 0.15) is 5.56 Å². The highest BCUT2D eigenvalue weighted by Crippen LogP contribution is 2.00. The number of rotatable bonds is 1. The van der Waals surface area contributed by atoms with Gasteiger partial charge in [0.1, 0.15) is 0 Å². The fraction of sp³-hybridized carbons (Fsp3) is 0.333. The van der Waals surface area contributed by atoms with Crippen molar-refractivity contribution in [3.63, 3.8) is 0 Å². The lowest BCUT2D eigenvalue weighted by Gasteiger charge is -1.88. The number of hydrogen-bond acceptors (Lipinski definition) is 1. The second kappa shape index (κ2) is 5.16. The second-order valence-corrected chi connectivity index (χ2v) is 2.64. The smallest absolute Gasteiger partial charge is 0.0474 e. The lowest BCUT2D eigenvalue weighted by Crippen LogP contribution is -1.71.